The van der Waals surface area contributed by atoms with Crippen LogP contribution in [-0.2, 0) is 7.05 Å². The molecule has 0 N–H and O–H groups in total. The number of aromatic nitrogens is 5. The molecule has 0 amide bonds. The summed E-state index contributed by atoms with van der Waals surface area (Å²) in [5.74, 6) is 0.517. The first-order valence-electron chi connectivity index (χ1n) is 8.37. The molecule has 0 aliphatic carbocycles. The van der Waals surface area contributed by atoms with Crippen molar-refractivity contribution in [2.45, 2.75) is 0 Å². The fraction of sp³-hybridized carbons (Fsp3) is 0.294. The molecule has 5 rings (SSSR count). The molecule has 0 spiro atoms. The summed E-state index contributed by atoms with van der Waals surface area (Å²) in [5, 5.41) is 0. The van der Waals surface area contributed by atoms with Crippen molar-refractivity contribution in [1.29, 1.82) is 0 Å². The van der Waals surface area contributed by atoms with Crippen LogP contribution in [0.4, 0.5) is 16.2 Å². The first-order chi connectivity index (χ1) is 12.7. The van der Waals surface area contributed by atoms with Crippen molar-refractivity contribution in [1.82, 2.24) is 24.5 Å². The van der Waals surface area contributed by atoms with Gasteiger partial charge in [-0.3, -0.25) is 0 Å². The second-order valence-electron chi connectivity index (χ2n) is 6.31. The highest BCUT2D eigenvalue weighted by Crippen LogP contribution is 2.26. The van der Waals surface area contributed by atoms with Crippen molar-refractivity contribution in [2.24, 2.45) is 7.05 Å². The highest BCUT2D eigenvalue weighted by Gasteiger charge is 2.24. The van der Waals surface area contributed by atoms with Crippen LogP contribution in [0.2, 0.25) is 0 Å². The average Bonchev–Trinajstić information content (AvgIpc) is 3.25. The SMILES string of the molecule is Cn1cnc2c(N3CCN(c4nc5ccc(F)cc5o4)CC3)ncnc21. The molecule has 0 atom stereocenters. The number of aryl methyl sites for hydroxylation is 1. The van der Waals surface area contributed by atoms with E-state index in [1.807, 2.05) is 11.6 Å². The van der Waals surface area contributed by atoms with Gasteiger partial charge in [0.15, 0.2) is 22.6 Å². The third-order valence-electron chi connectivity index (χ3n) is 4.67. The van der Waals surface area contributed by atoms with Crippen LogP contribution < -0.4 is 9.80 Å². The number of hydrogen-bond acceptors (Lipinski definition) is 7. The van der Waals surface area contributed by atoms with Gasteiger partial charge >= 0.3 is 0 Å². The van der Waals surface area contributed by atoms with Gasteiger partial charge in [0.25, 0.3) is 6.01 Å². The minimum Gasteiger partial charge on any atom is -0.423 e. The summed E-state index contributed by atoms with van der Waals surface area (Å²) in [7, 11) is 1.92. The first kappa shape index (κ1) is 15.1. The summed E-state index contributed by atoms with van der Waals surface area (Å²) in [6.45, 7) is 2.98. The van der Waals surface area contributed by atoms with E-state index in [0.717, 1.165) is 43.2 Å². The average molecular weight is 353 g/mol. The van der Waals surface area contributed by atoms with Crippen molar-refractivity contribution in [2.75, 3.05) is 36.0 Å². The lowest BCUT2D eigenvalue weighted by Crippen LogP contribution is -2.47. The van der Waals surface area contributed by atoms with Crippen molar-refractivity contribution < 1.29 is 8.81 Å². The number of anilines is 2. The van der Waals surface area contributed by atoms with Crippen LogP contribution in [0, 0.1) is 5.82 Å². The van der Waals surface area contributed by atoms with Crippen LogP contribution in [0.1, 0.15) is 0 Å². The zero-order chi connectivity index (χ0) is 17.7. The van der Waals surface area contributed by atoms with Crippen LogP contribution >= 0.6 is 0 Å². The molecule has 8 nitrogen and oxygen atoms in total. The van der Waals surface area contributed by atoms with E-state index in [1.165, 1.54) is 12.1 Å². The number of fused-ring (bicyclic) bond motifs is 2. The van der Waals surface area contributed by atoms with Gasteiger partial charge in [0, 0.05) is 39.3 Å². The normalized spacial score (nSPS) is 15.3. The second-order valence-corrected chi connectivity index (χ2v) is 6.31. The molecule has 3 aromatic heterocycles. The Morgan fingerprint density at radius 1 is 1.04 bits per heavy atom. The van der Waals surface area contributed by atoms with E-state index in [0.29, 0.717) is 17.1 Å². The Balaban J connectivity index is 1.38. The Morgan fingerprint density at radius 2 is 1.85 bits per heavy atom. The summed E-state index contributed by atoms with van der Waals surface area (Å²) < 4.78 is 20.9. The van der Waals surface area contributed by atoms with Gasteiger partial charge < -0.3 is 18.8 Å². The zero-order valence-electron chi connectivity index (χ0n) is 14.1. The number of piperazine rings is 1. The molecule has 1 saturated heterocycles. The molecule has 0 bridgehead atoms. The maximum atomic E-state index is 13.3. The quantitative estimate of drug-likeness (QED) is 0.545. The summed E-state index contributed by atoms with van der Waals surface area (Å²) in [4.78, 5) is 21.8. The van der Waals surface area contributed by atoms with Crippen molar-refractivity contribution in [3.05, 3.63) is 36.7 Å². The number of nitrogens with zero attached hydrogens (tertiary/aromatic N) is 7. The summed E-state index contributed by atoms with van der Waals surface area (Å²) in [6.07, 6.45) is 3.32. The van der Waals surface area contributed by atoms with Gasteiger partial charge in [0.1, 0.15) is 17.7 Å². The highest BCUT2D eigenvalue weighted by molar-refractivity contribution is 5.83. The van der Waals surface area contributed by atoms with Crippen LogP contribution in [0.5, 0.6) is 0 Å². The molecule has 0 unspecified atom stereocenters. The van der Waals surface area contributed by atoms with Crippen LogP contribution in [0.15, 0.2) is 35.3 Å². The first-order valence-corrected chi connectivity index (χ1v) is 8.37. The molecule has 1 aromatic carbocycles. The standard InChI is InChI=1S/C17H16FN7O/c1-23-10-21-14-15(23)19-9-20-16(14)24-4-6-25(7-5-24)17-22-12-3-2-11(18)8-13(12)26-17/h2-3,8-10H,4-7H2,1H3. The minimum atomic E-state index is -0.326. The lowest BCUT2D eigenvalue weighted by atomic mass is 10.3. The monoisotopic (exact) mass is 353 g/mol. The summed E-state index contributed by atoms with van der Waals surface area (Å²) >= 11 is 0. The molecule has 9 heteroatoms. The van der Waals surface area contributed by atoms with E-state index in [2.05, 4.69) is 29.7 Å². The van der Waals surface area contributed by atoms with Crippen LogP contribution in [0.25, 0.3) is 22.3 Å². The van der Waals surface area contributed by atoms with E-state index in [4.69, 9.17) is 4.42 Å². The van der Waals surface area contributed by atoms with E-state index in [-0.39, 0.29) is 5.82 Å². The number of rotatable bonds is 2. The number of benzene rings is 1. The van der Waals surface area contributed by atoms with Gasteiger partial charge in [-0.25, -0.2) is 19.3 Å². The maximum Gasteiger partial charge on any atom is 0.298 e. The number of halogens is 1. The molecular formula is C17H16FN7O. The van der Waals surface area contributed by atoms with E-state index < -0.39 is 0 Å². The smallest absolute Gasteiger partial charge is 0.298 e. The largest absolute Gasteiger partial charge is 0.423 e. The third kappa shape index (κ3) is 2.35. The number of hydrogen-bond donors (Lipinski definition) is 0. The number of oxazole rings is 1. The zero-order valence-corrected chi connectivity index (χ0v) is 14.1. The molecule has 4 heterocycles. The van der Waals surface area contributed by atoms with Crippen LogP contribution in [0.3, 0.4) is 0 Å². The predicted octanol–water partition coefficient (Wildman–Crippen LogP) is 1.97. The van der Waals surface area contributed by atoms with E-state index in [1.54, 1.807) is 18.7 Å². The van der Waals surface area contributed by atoms with Gasteiger partial charge in [-0.2, -0.15) is 4.98 Å². The lowest BCUT2D eigenvalue weighted by molar-refractivity contribution is 0.538. The molecule has 0 radical (unpaired) electrons. The molecule has 26 heavy (non-hydrogen) atoms. The molecule has 0 saturated carbocycles. The van der Waals surface area contributed by atoms with Gasteiger partial charge in [0.2, 0.25) is 0 Å². The lowest BCUT2D eigenvalue weighted by Gasteiger charge is -2.34. The summed E-state index contributed by atoms with van der Waals surface area (Å²) in [6, 6.07) is 4.91. The van der Waals surface area contributed by atoms with Gasteiger partial charge in [-0.1, -0.05) is 0 Å². The topological polar surface area (TPSA) is 76.1 Å². The third-order valence-corrected chi connectivity index (χ3v) is 4.67. The number of imidazole rings is 1. The van der Waals surface area contributed by atoms with E-state index >= 15 is 0 Å². The van der Waals surface area contributed by atoms with Crippen molar-refractivity contribution in [3.8, 4) is 0 Å². The van der Waals surface area contributed by atoms with Gasteiger partial charge in [-0.05, 0) is 12.1 Å². The fourth-order valence-corrected chi connectivity index (χ4v) is 3.30. The second kappa shape index (κ2) is 5.65. The maximum absolute atomic E-state index is 13.3. The summed E-state index contributed by atoms with van der Waals surface area (Å²) in [5.41, 5.74) is 2.75. The molecule has 1 aliphatic heterocycles. The Morgan fingerprint density at radius 3 is 2.69 bits per heavy atom. The predicted molar refractivity (Wildman–Crippen MR) is 94.7 cm³/mol. The Labute approximate surface area is 147 Å². The Kier molecular flexibility index (Phi) is 3.27. The fourth-order valence-electron chi connectivity index (χ4n) is 3.30. The van der Waals surface area contributed by atoms with Gasteiger partial charge in [0.05, 0.1) is 6.33 Å². The minimum absolute atomic E-state index is 0.326. The Hall–Kier alpha value is -3.23. The van der Waals surface area contributed by atoms with Crippen molar-refractivity contribution in [3.63, 3.8) is 0 Å². The Bertz CT molecular complexity index is 1100. The molecular weight excluding hydrogens is 337 g/mol. The highest BCUT2D eigenvalue weighted by atomic mass is 19.1. The van der Waals surface area contributed by atoms with E-state index in [9.17, 15) is 4.39 Å². The van der Waals surface area contributed by atoms with Gasteiger partial charge in [-0.15, -0.1) is 0 Å². The molecule has 132 valence electrons. The molecule has 4 aromatic rings. The van der Waals surface area contributed by atoms with Crippen molar-refractivity contribution >= 4 is 34.1 Å². The van der Waals surface area contributed by atoms with Crippen LogP contribution in [-0.4, -0.2) is 50.7 Å². The molecule has 1 aliphatic rings. The molecule has 1 fully saturated rings.